The molecule has 8 nitrogen and oxygen atoms in total. The maximum atomic E-state index is 12.2. The first-order chi connectivity index (χ1) is 13.6. The minimum absolute atomic E-state index is 0.0340. The molecule has 0 aliphatic carbocycles. The molecule has 2 atom stereocenters. The van der Waals surface area contributed by atoms with E-state index in [0.717, 1.165) is 57.8 Å². The van der Waals surface area contributed by atoms with Gasteiger partial charge in [-0.2, -0.15) is 4.99 Å². The van der Waals surface area contributed by atoms with Gasteiger partial charge in [-0.3, -0.25) is 9.59 Å². The van der Waals surface area contributed by atoms with Crippen molar-refractivity contribution in [3.8, 4) is 0 Å². The van der Waals surface area contributed by atoms with E-state index in [9.17, 15) is 19.2 Å². The van der Waals surface area contributed by atoms with Crippen molar-refractivity contribution in [3.63, 3.8) is 0 Å². The van der Waals surface area contributed by atoms with Gasteiger partial charge in [0.05, 0.1) is 18.6 Å². The van der Waals surface area contributed by atoms with Gasteiger partial charge < -0.3 is 10.6 Å². The highest BCUT2D eigenvalue weighted by atomic mass is 16.2. The van der Waals surface area contributed by atoms with E-state index in [1.54, 1.807) is 6.08 Å². The smallest absolute Gasteiger partial charge is 0.235 e. The van der Waals surface area contributed by atoms with Gasteiger partial charge in [0.2, 0.25) is 24.0 Å². The van der Waals surface area contributed by atoms with Gasteiger partial charge in [-0.15, -0.1) is 0 Å². The quantitative estimate of drug-likeness (QED) is 0.356. The van der Waals surface area contributed by atoms with Crippen molar-refractivity contribution >= 4 is 24.0 Å². The number of nitrogens with zero attached hydrogens (tertiary/aromatic N) is 2. The zero-order valence-corrected chi connectivity index (χ0v) is 16.4. The second kappa shape index (κ2) is 11.5. The average Bonchev–Trinajstić information content (AvgIpc) is 3.03. The van der Waals surface area contributed by atoms with Gasteiger partial charge in [0.1, 0.15) is 5.54 Å². The summed E-state index contributed by atoms with van der Waals surface area (Å²) in [5, 5.41) is 6.13. The van der Waals surface area contributed by atoms with Crippen molar-refractivity contribution < 1.29 is 19.2 Å². The molecule has 0 radical (unpaired) electrons. The summed E-state index contributed by atoms with van der Waals surface area (Å²) in [7, 11) is 0. The predicted octanol–water partition coefficient (Wildman–Crippen LogP) is 2.07. The Hall–Kier alpha value is -2.30. The number of unbranched alkanes of at least 4 members (excludes halogenated alkanes) is 2. The van der Waals surface area contributed by atoms with Gasteiger partial charge in [0.25, 0.3) is 0 Å². The third-order valence-electron chi connectivity index (χ3n) is 5.84. The van der Waals surface area contributed by atoms with Crippen molar-refractivity contribution in [2.24, 2.45) is 9.98 Å². The van der Waals surface area contributed by atoms with E-state index in [4.69, 9.17) is 0 Å². The fraction of sp³-hybridized carbons (Fsp3) is 0.800. The van der Waals surface area contributed by atoms with E-state index in [0.29, 0.717) is 25.8 Å². The monoisotopic (exact) mass is 390 g/mol. The Balaban J connectivity index is 2.26. The normalized spacial score (nSPS) is 25.0. The van der Waals surface area contributed by atoms with E-state index in [1.165, 1.54) is 6.08 Å². The summed E-state index contributed by atoms with van der Waals surface area (Å²) in [5.74, 6) is -0.0681. The maximum Gasteiger partial charge on any atom is 0.235 e. The van der Waals surface area contributed by atoms with Crippen LogP contribution < -0.4 is 10.6 Å². The fourth-order valence-corrected chi connectivity index (χ4v) is 4.40. The lowest BCUT2D eigenvalue weighted by molar-refractivity contribution is -0.122. The van der Waals surface area contributed by atoms with Crippen LogP contribution in [0.3, 0.4) is 0 Å². The van der Waals surface area contributed by atoms with E-state index in [-0.39, 0.29) is 23.9 Å². The minimum Gasteiger partial charge on any atom is -0.351 e. The van der Waals surface area contributed by atoms with Crippen LogP contribution in [0.25, 0.3) is 0 Å². The Bertz CT molecular complexity index is 608. The van der Waals surface area contributed by atoms with Crippen LogP contribution in [-0.4, -0.2) is 48.1 Å². The Morgan fingerprint density at radius 3 is 2.00 bits per heavy atom. The summed E-state index contributed by atoms with van der Waals surface area (Å²) >= 11 is 0. The molecule has 0 spiro atoms. The summed E-state index contributed by atoms with van der Waals surface area (Å²) in [4.78, 5) is 53.9. The van der Waals surface area contributed by atoms with Gasteiger partial charge in [0, 0.05) is 12.8 Å². The van der Waals surface area contributed by atoms with Gasteiger partial charge in [-0.1, -0.05) is 25.7 Å². The Morgan fingerprint density at radius 1 is 0.857 bits per heavy atom. The molecule has 0 bridgehead atoms. The number of rotatable bonds is 9. The van der Waals surface area contributed by atoms with E-state index >= 15 is 0 Å². The first kappa shape index (κ1) is 22.0. The summed E-state index contributed by atoms with van der Waals surface area (Å²) < 4.78 is 0. The number of hydrogen-bond donors (Lipinski definition) is 2. The standard InChI is InChI=1S/C20H30N4O4/c25-14-21-13-7-1-6-12-20(22-15-26,16-8-2-4-10-18(27)23-16)17-9-3-5-11-19(28)24-17/h16-17H,1-13H2,(H,23,27)(H,24,28). The van der Waals surface area contributed by atoms with Gasteiger partial charge in [-0.05, 0) is 38.5 Å². The Labute approximate surface area is 165 Å². The Morgan fingerprint density at radius 2 is 1.46 bits per heavy atom. The zero-order valence-electron chi connectivity index (χ0n) is 16.4. The largest absolute Gasteiger partial charge is 0.351 e. The lowest BCUT2D eigenvalue weighted by Gasteiger charge is -2.42. The first-order valence-electron chi connectivity index (χ1n) is 10.3. The molecule has 2 rings (SSSR count). The number of aliphatic imine (C=N–C) groups is 2. The molecule has 0 saturated carbocycles. The number of carbonyl (C=O) groups is 2. The molecule has 154 valence electrons. The lowest BCUT2D eigenvalue weighted by Crippen LogP contribution is -2.62. The molecule has 2 N–H and O–H groups in total. The summed E-state index contributed by atoms with van der Waals surface area (Å²) in [6.07, 6.45) is 11.9. The average molecular weight is 390 g/mol. The summed E-state index contributed by atoms with van der Waals surface area (Å²) in [5.41, 5.74) is -0.893. The topological polar surface area (TPSA) is 117 Å². The van der Waals surface area contributed by atoms with Crippen molar-refractivity contribution in [2.45, 2.75) is 94.7 Å². The van der Waals surface area contributed by atoms with E-state index < -0.39 is 5.54 Å². The van der Waals surface area contributed by atoms with E-state index in [2.05, 4.69) is 20.6 Å². The van der Waals surface area contributed by atoms with Crippen LogP contribution in [0.2, 0.25) is 0 Å². The summed E-state index contributed by atoms with van der Waals surface area (Å²) in [6.45, 7) is 0.424. The maximum absolute atomic E-state index is 12.2. The molecule has 0 aromatic carbocycles. The molecule has 2 heterocycles. The highest BCUT2D eigenvalue weighted by Gasteiger charge is 2.47. The van der Waals surface area contributed by atoms with Gasteiger partial charge in [0.15, 0.2) is 0 Å². The number of nitrogens with one attached hydrogen (secondary N) is 2. The highest BCUT2D eigenvalue weighted by molar-refractivity contribution is 5.77. The van der Waals surface area contributed by atoms with Crippen LogP contribution in [0.5, 0.6) is 0 Å². The van der Waals surface area contributed by atoms with Gasteiger partial charge in [-0.25, -0.2) is 14.6 Å². The van der Waals surface area contributed by atoms with Crippen molar-refractivity contribution in [1.82, 2.24) is 10.6 Å². The number of isocyanates is 2. The lowest BCUT2D eigenvalue weighted by atomic mass is 9.75. The molecule has 2 saturated heterocycles. The van der Waals surface area contributed by atoms with Crippen LogP contribution in [0.1, 0.15) is 77.0 Å². The summed E-state index contributed by atoms with van der Waals surface area (Å²) in [6, 6.07) is -0.610. The molecule has 2 aliphatic heterocycles. The van der Waals surface area contributed by atoms with Gasteiger partial charge >= 0.3 is 0 Å². The van der Waals surface area contributed by atoms with Crippen molar-refractivity contribution in [2.75, 3.05) is 6.54 Å². The van der Waals surface area contributed by atoms with Crippen molar-refractivity contribution in [1.29, 1.82) is 0 Å². The molecule has 2 amide bonds. The third kappa shape index (κ3) is 6.11. The molecule has 2 fully saturated rings. The van der Waals surface area contributed by atoms with Crippen LogP contribution in [0.15, 0.2) is 9.98 Å². The van der Waals surface area contributed by atoms with Crippen LogP contribution >= 0.6 is 0 Å². The molecule has 8 heteroatoms. The number of amides is 2. The van der Waals surface area contributed by atoms with Crippen LogP contribution in [0, 0.1) is 0 Å². The third-order valence-corrected chi connectivity index (χ3v) is 5.84. The Kier molecular flexibility index (Phi) is 9.05. The molecule has 2 unspecified atom stereocenters. The fourth-order valence-electron chi connectivity index (χ4n) is 4.40. The molecule has 2 aliphatic rings. The molecule has 0 aromatic heterocycles. The van der Waals surface area contributed by atoms with Crippen LogP contribution in [-0.2, 0) is 19.2 Å². The zero-order chi connectivity index (χ0) is 20.2. The second-order valence-electron chi connectivity index (χ2n) is 7.71. The van der Waals surface area contributed by atoms with Crippen LogP contribution in [0.4, 0.5) is 0 Å². The number of carbonyl (C=O) groups excluding carboxylic acids is 4. The SMILES string of the molecule is O=C=NCCCCCC(N=C=O)(C1CCCCC(=O)N1)C1CCCCC(=O)N1. The molecular formula is C20H30N4O4. The predicted molar refractivity (Wildman–Crippen MR) is 103 cm³/mol. The van der Waals surface area contributed by atoms with E-state index in [1.807, 2.05) is 0 Å². The number of hydrogen-bond acceptors (Lipinski definition) is 6. The molecule has 0 aromatic rings. The second-order valence-corrected chi connectivity index (χ2v) is 7.71. The highest BCUT2D eigenvalue weighted by Crippen LogP contribution is 2.35. The minimum atomic E-state index is -0.893. The molecular weight excluding hydrogens is 360 g/mol. The van der Waals surface area contributed by atoms with Crippen molar-refractivity contribution in [3.05, 3.63) is 0 Å². The molecule has 28 heavy (non-hydrogen) atoms. The first-order valence-corrected chi connectivity index (χ1v) is 10.3.